The van der Waals surface area contributed by atoms with Crippen molar-refractivity contribution in [2.75, 3.05) is 13.6 Å². The molecule has 0 heterocycles. The van der Waals surface area contributed by atoms with E-state index in [4.69, 9.17) is 10.5 Å². The summed E-state index contributed by atoms with van der Waals surface area (Å²) in [5.74, 6) is -0.457. The standard InChI is InChI=1S/C13H14FN3/c1-10(6-15)8-17(2)9-12-4-3-11(7-16)5-13(12)14/h3-5,10H,8-9H2,1-2H3. The number of rotatable bonds is 4. The molecule has 0 aliphatic carbocycles. The molecule has 0 radical (unpaired) electrons. The van der Waals surface area contributed by atoms with Crippen LogP contribution in [-0.4, -0.2) is 18.5 Å². The Morgan fingerprint density at radius 1 is 1.41 bits per heavy atom. The Bertz CT molecular complexity index is 471. The molecule has 88 valence electrons. The van der Waals surface area contributed by atoms with Crippen LogP contribution in [0, 0.1) is 34.4 Å². The predicted molar refractivity (Wildman–Crippen MR) is 62.2 cm³/mol. The molecule has 1 atom stereocenters. The molecule has 0 amide bonds. The van der Waals surface area contributed by atoms with Crippen molar-refractivity contribution in [3.8, 4) is 12.1 Å². The molecule has 0 aliphatic heterocycles. The molecular formula is C13H14FN3. The maximum Gasteiger partial charge on any atom is 0.129 e. The highest BCUT2D eigenvalue weighted by molar-refractivity contribution is 5.32. The first-order valence-electron chi connectivity index (χ1n) is 5.33. The third kappa shape index (κ3) is 3.86. The van der Waals surface area contributed by atoms with Crippen LogP contribution in [0.15, 0.2) is 18.2 Å². The molecule has 1 rings (SSSR count). The number of benzene rings is 1. The number of nitrogens with zero attached hydrogens (tertiary/aromatic N) is 3. The summed E-state index contributed by atoms with van der Waals surface area (Å²) in [6, 6.07) is 8.47. The molecule has 0 spiro atoms. The monoisotopic (exact) mass is 231 g/mol. The Labute approximate surface area is 101 Å². The van der Waals surface area contributed by atoms with Gasteiger partial charge in [-0.3, -0.25) is 0 Å². The van der Waals surface area contributed by atoms with Gasteiger partial charge in [-0.15, -0.1) is 0 Å². The van der Waals surface area contributed by atoms with Gasteiger partial charge in [0.2, 0.25) is 0 Å². The SMILES string of the molecule is CC(C#N)CN(C)Cc1ccc(C#N)cc1F. The molecule has 3 nitrogen and oxygen atoms in total. The lowest BCUT2D eigenvalue weighted by Gasteiger charge is -2.18. The van der Waals surface area contributed by atoms with Crippen LogP contribution in [0.2, 0.25) is 0 Å². The van der Waals surface area contributed by atoms with E-state index in [1.54, 1.807) is 12.1 Å². The maximum absolute atomic E-state index is 13.6. The van der Waals surface area contributed by atoms with E-state index in [0.29, 0.717) is 24.2 Å². The molecular weight excluding hydrogens is 217 g/mol. The lowest BCUT2D eigenvalue weighted by Crippen LogP contribution is -2.23. The predicted octanol–water partition coefficient (Wildman–Crippen LogP) is 2.29. The van der Waals surface area contributed by atoms with E-state index in [1.807, 2.05) is 24.9 Å². The third-order valence-electron chi connectivity index (χ3n) is 2.43. The fraction of sp³-hybridized carbons (Fsp3) is 0.385. The summed E-state index contributed by atoms with van der Waals surface area (Å²) in [5, 5.41) is 17.3. The minimum Gasteiger partial charge on any atom is -0.301 e. The van der Waals surface area contributed by atoms with Crippen molar-refractivity contribution in [2.45, 2.75) is 13.5 Å². The molecule has 4 heteroatoms. The first kappa shape index (κ1) is 13.2. The molecule has 0 bridgehead atoms. The average Bonchev–Trinajstić information content (AvgIpc) is 2.31. The molecule has 0 N–H and O–H groups in total. The third-order valence-corrected chi connectivity index (χ3v) is 2.43. The Morgan fingerprint density at radius 2 is 2.12 bits per heavy atom. The highest BCUT2D eigenvalue weighted by atomic mass is 19.1. The largest absolute Gasteiger partial charge is 0.301 e. The number of nitriles is 2. The summed E-state index contributed by atoms with van der Waals surface area (Å²) in [6.07, 6.45) is 0. The van der Waals surface area contributed by atoms with E-state index in [2.05, 4.69) is 6.07 Å². The van der Waals surface area contributed by atoms with Crippen molar-refractivity contribution in [3.63, 3.8) is 0 Å². The van der Waals surface area contributed by atoms with Crippen molar-refractivity contribution < 1.29 is 4.39 Å². The summed E-state index contributed by atoms with van der Waals surface area (Å²) < 4.78 is 13.6. The van der Waals surface area contributed by atoms with Gasteiger partial charge >= 0.3 is 0 Å². The second-order valence-corrected chi connectivity index (χ2v) is 4.14. The normalized spacial score (nSPS) is 11.9. The lowest BCUT2D eigenvalue weighted by molar-refractivity contribution is 0.298. The second kappa shape index (κ2) is 5.98. The number of hydrogen-bond acceptors (Lipinski definition) is 3. The van der Waals surface area contributed by atoms with Crippen LogP contribution in [0.5, 0.6) is 0 Å². The topological polar surface area (TPSA) is 50.8 Å². The molecule has 17 heavy (non-hydrogen) atoms. The van der Waals surface area contributed by atoms with Gasteiger partial charge in [0, 0.05) is 18.7 Å². The van der Waals surface area contributed by atoms with Crippen molar-refractivity contribution >= 4 is 0 Å². The van der Waals surface area contributed by atoms with Crippen LogP contribution in [0.25, 0.3) is 0 Å². The summed E-state index contributed by atoms with van der Waals surface area (Å²) in [4.78, 5) is 1.89. The van der Waals surface area contributed by atoms with Gasteiger partial charge in [0.1, 0.15) is 5.82 Å². The summed E-state index contributed by atoms with van der Waals surface area (Å²) in [6.45, 7) is 2.85. The zero-order valence-electron chi connectivity index (χ0n) is 9.94. The minimum atomic E-state index is -0.375. The molecule has 0 aliphatic rings. The number of halogens is 1. The second-order valence-electron chi connectivity index (χ2n) is 4.14. The molecule has 1 unspecified atom stereocenters. The fourth-order valence-electron chi connectivity index (χ4n) is 1.61. The van der Waals surface area contributed by atoms with Crippen molar-refractivity contribution in [3.05, 3.63) is 35.1 Å². The molecule has 1 aromatic rings. The first-order valence-corrected chi connectivity index (χ1v) is 5.33. The van der Waals surface area contributed by atoms with Crippen molar-refractivity contribution in [1.82, 2.24) is 4.90 Å². The van der Waals surface area contributed by atoms with E-state index in [0.717, 1.165) is 0 Å². The molecule has 0 fully saturated rings. The van der Waals surface area contributed by atoms with Gasteiger partial charge in [0.15, 0.2) is 0 Å². The Kier molecular flexibility index (Phi) is 4.63. The van der Waals surface area contributed by atoms with Crippen molar-refractivity contribution in [2.24, 2.45) is 5.92 Å². The minimum absolute atomic E-state index is 0.0820. The van der Waals surface area contributed by atoms with Crippen LogP contribution in [0.3, 0.4) is 0 Å². The van der Waals surface area contributed by atoms with Gasteiger partial charge in [-0.05, 0) is 26.1 Å². The maximum atomic E-state index is 13.6. The molecule has 0 aromatic heterocycles. The highest BCUT2D eigenvalue weighted by Crippen LogP contribution is 2.12. The summed E-state index contributed by atoms with van der Waals surface area (Å²) in [7, 11) is 1.84. The van der Waals surface area contributed by atoms with Gasteiger partial charge in [0.25, 0.3) is 0 Å². The van der Waals surface area contributed by atoms with E-state index >= 15 is 0 Å². The Balaban J connectivity index is 2.70. The lowest BCUT2D eigenvalue weighted by atomic mass is 10.1. The quantitative estimate of drug-likeness (QED) is 0.798. The van der Waals surface area contributed by atoms with Gasteiger partial charge < -0.3 is 4.90 Å². The van der Waals surface area contributed by atoms with E-state index in [9.17, 15) is 4.39 Å². The van der Waals surface area contributed by atoms with E-state index in [-0.39, 0.29) is 11.7 Å². The number of hydrogen-bond donors (Lipinski definition) is 0. The Morgan fingerprint density at radius 3 is 2.65 bits per heavy atom. The van der Waals surface area contributed by atoms with E-state index < -0.39 is 0 Å². The van der Waals surface area contributed by atoms with E-state index in [1.165, 1.54) is 6.07 Å². The molecule has 0 saturated heterocycles. The Hall–Kier alpha value is -1.91. The molecule has 0 saturated carbocycles. The smallest absolute Gasteiger partial charge is 0.129 e. The summed E-state index contributed by atoms with van der Waals surface area (Å²) in [5.41, 5.74) is 0.857. The highest BCUT2D eigenvalue weighted by Gasteiger charge is 2.09. The van der Waals surface area contributed by atoms with Crippen LogP contribution >= 0.6 is 0 Å². The fourth-order valence-corrected chi connectivity index (χ4v) is 1.61. The zero-order chi connectivity index (χ0) is 12.8. The van der Waals surface area contributed by atoms with Crippen molar-refractivity contribution in [1.29, 1.82) is 10.5 Å². The van der Waals surface area contributed by atoms with Crippen LogP contribution in [-0.2, 0) is 6.54 Å². The van der Waals surface area contributed by atoms with Crippen LogP contribution < -0.4 is 0 Å². The van der Waals surface area contributed by atoms with Gasteiger partial charge in [0.05, 0.1) is 23.6 Å². The average molecular weight is 231 g/mol. The van der Waals surface area contributed by atoms with Gasteiger partial charge in [-0.25, -0.2) is 4.39 Å². The summed E-state index contributed by atoms with van der Waals surface area (Å²) >= 11 is 0. The molecule has 1 aromatic carbocycles. The van der Waals surface area contributed by atoms with Crippen LogP contribution in [0.1, 0.15) is 18.1 Å². The first-order chi connectivity index (χ1) is 8.06. The van der Waals surface area contributed by atoms with Gasteiger partial charge in [-0.1, -0.05) is 6.07 Å². The zero-order valence-corrected chi connectivity index (χ0v) is 9.94. The van der Waals surface area contributed by atoms with Crippen LogP contribution in [0.4, 0.5) is 4.39 Å². The van der Waals surface area contributed by atoms with Gasteiger partial charge in [-0.2, -0.15) is 10.5 Å².